The van der Waals surface area contributed by atoms with Crippen LogP contribution in [-0.4, -0.2) is 17.4 Å². The molecule has 0 fully saturated rings. The summed E-state index contributed by atoms with van der Waals surface area (Å²) >= 11 is 5.77. The van der Waals surface area contributed by atoms with Gasteiger partial charge in [0.15, 0.2) is 12.4 Å². The molecule has 3 aromatic rings. The number of halogens is 1. The fraction of sp³-hybridized carbons (Fsp3) is 0.0500. The lowest BCUT2D eigenvalue weighted by molar-refractivity contribution is -0.385. The van der Waals surface area contributed by atoms with Crippen molar-refractivity contribution >= 4 is 28.9 Å². The van der Waals surface area contributed by atoms with Crippen molar-refractivity contribution in [3.8, 4) is 16.9 Å². The van der Waals surface area contributed by atoms with Gasteiger partial charge in [0, 0.05) is 22.3 Å². The number of nitrogens with one attached hydrogen (secondary N) is 1. The number of hydrogen-bond donors (Lipinski definition) is 1. The van der Waals surface area contributed by atoms with Crippen molar-refractivity contribution in [2.45, 2.75) is 0 Å². The monoisotopic (exact) mass is 382 g/mol. The molecule has 1 N–H and O–H groups in total. The summed E-state index contributed by atoms with van der Waals surface area (Å²) in [6.07, 6.45) is 0. The van der Waals surface area contributed by atoms with Crippen LogP contribution in [0.15, 0.2) is 72.8 Å². The van der Waals surface area contributed by atoms with E-state index in [0.29, 0.717) is 5.69 Å². The third kappa shape index (κ3) is 4.62. The third-order valence-corrected chi connectivity index (χ3v) is 4.00. The molecule has 3 aromatic carbocycles. The van der Waals surface area contributed by atoms with Gasteiger partial charge in [-0.3, -0.25) is 14.9 Å². The number of carbonyl (C=O) groups excluding carboxylic acids is 1. The number of anilines is 1. The SMILES string of the molecule is O=C(COc1ccc(Cl)cc1[N+](=O)[O-])Nc1ccccc1-c1ccccc1. The molecule has 0 unspecified atom stereocenters. The van der Waals surface area contributed by atoms with Crippen LogP contribution in [0.2, 0.25) is 5.02 Å². The van der Waals surface area contributed by atoms with Gasteiger partial charge in [0.1, 0.15) is 0 Å². The predicted molar refractivity (Wildman–Crippen MR) is 104 cm³/mol. The summed E-state index contributed by atoms with van der Waals surface area (Å²) in [4.78, 5) is 22.8. The number of carbonyl (C=O) groups is 1. The molecule has 7 heteroatoms. The van der Waals surface area contributed by atoms with Gasteiger partial charge in [-0.05, 0) is 23.8 Å². The van der Waals surface area contributed by atoms with E-state index in [4.69, 9.17) is 16.3 Å². The van der Waals surface area contributed by atoms with Crippen molar-refractivity contribution in [1.29, 1.82) is 0 Å². The molecule has 136 valence electrons. The summed E-state index contributed by atoms with van der Waals surface area (Å²) in [5.41, 5.74) is 2.16. The predicted octanol–water partition coefficient (Wildman–Crippen LogP) is 4.93. The van der Waals surface area contributed by atoms with E-state index in [1.54, 1.807) is 6.07 Å². The van der Waals surface area contributed by atoms with Gasteiger partial charge in [-0.15, -0.1) is 0 Å². The molecule has 6 nitrogen and oxygen atoms in total. The maximum absolute atomic E-state index is 12.3. The molecule has 0 aliphatic carbocycles. The van der Waals surface area contributed by atoms with Crippen LogP contribution < -0.4 is 10.1 Å². The number of hydrogen-bond acceptors (Lipinski definition) is 4. The van der Waals surface area contributed by atoms with Gasteiger partial charge in [-0.1, -0.05) is 60.1 Å². The Morgan fingerprint density at radius 1 is 1.04 bits per heavy atom. The van der Waals surface area contributed by atoms with Crippen molar-refractivity contribution in [1.82, 2.24) is 0 Å². The Hall–Kier alpha value is -3.38. The highest BCUT2D eigenvalue weighted by Gasteiger charge is 2.17. The van der Waals surface area contributed by atoms with Gasteiger partial charge >= 0.3 is 5.69 Å². The quantitative estimate of drug-likeness (QED) is 0.484. The van der Waals surface area contributed by atoms with Gasteiger partial charge in [0.2, 0.25) is 0 Å². The summed E-state index contributed by atoms with van der Waals surface area (Å²) in [5, 5.41) is 14.1. The first-order valence-corrected chi connectivity index (χ1v) is 8.43. The number of para-hydroxylation sites is 1. The number of nitro benzene ring substituents is 1. The first-order chi connectivity index (χ1) is 13.0. The normalized spacial score (nSPS) is 10.3. The Bertz CT molecular complexity index is 977. The fourth-order valence-electron chi connectivity index (χ4n) is 2.55. The molecule has 0 radical (unpaired) electrons. The third-order valence-electron chi connectivity index (χ3n) is 3.76. The van der Waals surface area contributed by atoms with E-state index in [9.17, 15) is 14.9 Å². The highest BCUT2D eigenvalue weighted by Crippen LogP contribution is 2.30. The first kappa shape index (κ1) is 18.4. The van der Waals surface area contributed by atoms with Crippen LogP contribution in [0.1, 0.15) is 0 Å². The highest BCUT2D eigenvalue weighted by molar-refractivity contribution is 6.30. The van der Waals surface area contributed by atoms with E-state index in [-0.39, 0.29) is 23.1 Å². The van der Waals surface area contributed by atoms with Crippen molar-refractivity contribution in [3.63, 3.8) is 0 Å². The van der Waals surface area contributed by atoms with Crippen LogP contribution in [0.3, 0.4) is 0 Å². The largest absolute Gasteiger partial charge is 0.477 e. The zero-order valence-electron chi connectivity index (χ0n) is 14.1. The molecule has 0 aromatic heterocycles. The molecular weight excluding hydrogens is 368 g/mol. The number of amides is 1. The summed E-state index contributed by atoms with van der Waals surface area (Å²) in [6.45, 7) is -0.369. The average Bonchev–Trinajstić information content (AvgIpc) is 2.68. The van der Waals surface area contributed by atoms with Crippen molar-refractivity contribution in [3.05, 3.63) is 87.9 Å². The zero-order valence-corrected chi connectivity index (χ0v) is 14.8. The van der Waals surface area contributed by atoms with Crippen LogP contribution in [0.4, 0.5) is 11.4 Å². The summed E-state index contributed by atoms with van der Waals surface area (Å²) in [5.74, 6) is -0.446. The van der Waals surface area contributed by atoms with E-state index in [1.807, 2.05) is 48.5 Å². The summed E-state index contributed by atoms with van der Waals surface area (Å²) < 4.78 is 5.32. The first-order valence-electron chi connectivity index (χ1n) is 8.05. The maximum Gasteiger partial charge on any atom is 0.312 e. The van der Waals surface area contributed by atoms with Crippen molar-refractivity contribution < 1.29 is 14.5 Å². The Morgan fingerprint density at radius 2 is 1.74 bits per heavy atom. The molecule has 0 saturated carbocycles. The molecule has 0 bridgehead atoms. The molecule has 3 rings (SSSR count). The number of ether oxygens (including phenoxy) is 1. The minimum Gasteiger partial charge on any atom is -0.477 e. The molecule has 0 aliphatic heterocycles. The second-order valence-electron chi connectivity index (χ2n) is 5.62. The van der Waals surface area contributed by atoms with E-state index in [0.717, 1.165) is 11.1 Å². The van der Waals surface area contributed by atoms with Crippen LogP contribution in [0, 0.1) is 10.1 Å². The molecule has 0 aliphatic rings. The lowest BCUT2D eigenvalue weighted by atomic mass is 10.0. The highest BCUT2D eigenvalue weighted by atomic mass is 35.5. The minimum absolute atomic E-state index is 0.0177. The van der Waals surface area contributed by atoms with E-state index in [2.05, 4.69) is 5.32 Å². The van der Waals surface area contributed by atoms with Gasteiger partial charge < -0.3 is 10.1 Å². The lowest BCUT2D eigenvalue weighted by Gasteiger charge is -2.12. The average molecular weight is 383 g/mol. The molecule has 27 heavy (non-hydrogen) atoms. The zero-order chi connectivity index (χ0) is 19.2. The number of benzene rings is 3. The van der Waals surface area contributed by atoms with Gasteiger partial charge in [-0.25, -0.2) is 0 Å². The van der Waals surface area contributed by atoms with Crippen molar-refractivity contribution in [2.75, 3.05) is 11.9 Å². The van der Waals surface area contributed by atoms with Crippen molar-refractivity contribution in [2.24, 2.45) is 0 Å². The lowest BCUT2D eigenvalue weighted by Crippen LogP contribution is -2.20. The Kier molecular flexibility index (Phi) is 5.68. The Labute approximate surface area is 160 Å². The second-order valence-corrected chi connectivity index (χ2v) is 6.05. The Balaban J connectivity index is 1.72. The second kappa shape index (κ2) is 8.33. The van der Waals surface area contributed by atoms with Crippen LogP contribution >= 0.6 is 11.6 Å². The topological polar surface area (TPSA) is 81.5 Å². The number of rotatable bonds is 6. The van der Waals surface area contributed by atoms with E-state index < -0.39 is 10.8 Å². The molecule has 0 atom stereocenters. The number of nitrogens with zero attached hydrogens (tertiary/aromatic N) is 1. The maximum atomic E-state index is 12.3. The van der Waals surface area contributed by atoms with Gasteiger partial charge in [-0.2, -0.15) is 0 Å². The smallest absolute Gasteiger partial charge is 0.312 e. The Morgan fingerprint density at radius 3 is 2.48 bits per heavy atom. The summed E-state index contributed by atoms with van der Waals surface area (Å²) in [6, 6.07) is 21.0. The molecular formula is C20H15ClN2O4. The molecule has 0 saturated heterocycles. The van der Waals surface area contributed by atoms with Crippen LogP contribution in [0.5, 0.6) is 5.75 Å². The van der Waals surface area contributed by atoms with E-state index >= 15 is 0 Å². The van der Waals surface area contributed by atoms with Gasteiger partial charge in [0.05, 0.1) is 4.92 Å². The van der Waals surface area contributed by atoms with E-state index in [1.165, 1.54) is 18.2 Å². The van der Waals surface area contributed by atoms with Crippen LogP contribution in [0.25, 0.3) is 11.1 Å². The fourth-order valence-corrected chi connectivity index (χ4v) is 2.71. The molecule has 0 spiro atoms. The van der Waals surface area contributed by atoms with Crippen LogP contribution in [-0.2, 0) is 4.79 Å². The molecule has 1 amide bonds. The number of nitro groups is 1. The minimum atomic E-state index is -0.607. The van der Waals surface area contributed by atoms with Gasteiger partial charge in [0.25, 0.3) is 5.91 Å². The molecule has 0 heterocycles. The summed E-state index contributed by atoms with van der Waals surface area (Å²) in [7, 11) is 0. The standard InChI is InChI=1S/C20H15ClN2O4/c21-15-10-11-19(18(12-15)23(25)26)27-13-20(24)22-17-9-5-4-8-16(17)14-6-2-1-3-7-14/h1-12H,13H2,(H,22,24).